The molecule has 1 aromatic carbocycles. The van der Waals surface area contributed by atoms with Crippen LogP contribution in [0.25, 0.3) is 0 Å². The van der Waals surface area contributed by atoms with Crippen LogP contribution in [0.2, 0.25) is 0 Å². The number of esters is 2. The van der Waals surface area contributed by atoms with Crippen molar-refractivity contribution in [2.45, 2.75) is 69.6 Å². The molecule has 0 spiro atoms. The molecule has 1 unspecified atom stereocenters. The topological polar surface area (TPSA) is 231 Å². The van der Waals surface area contributed by atoms with E-state index in [2.05, 4.69) is 22.4 Å². The van der Waals surface area contributed by atoms with Crippen LogP contribution in [0.1, 0.15) is 31.7 Å². The lowest BCUT2D eigenvalue weighted by Crippen LogP contribution is -2.60. The lowest BCUT2D eigenvalue weighted by Gasteiger charge is -2.41. The maximum Gasteiger partial charge on any atom is 0.337 e. The van der Waals surface area contributed by atoms with E-state index in [4.69, 9.17) is 23.7 Å². The SMILES string of the molecule is C/C=C1/[C@H](O[C@@H]2O[C@H](CO)[C@@H](O)[C@H](O)[C@H]2O)OC=C(C(=O)OC)[C@H]1CC(=O)OCCc1ccc(O)c(O)c1.CS(=O)CCCCN=C=S. The Morgan fingerprint density at radius 1 is 1.12 bits per heavy atom. The van der Waals surface area contributed by atoms with Gasteiger partial charge >= 0.3 is 11.9 Å². The van der Waals surface area contributed by atoms with Gasteiger partial charge in [-0.15, -0.1) is 0 Å². The van der Waals surface area contributed by atoms with E-state index in [0.717, 1.165) is 38.5 Å². The molecule has 0 radical (unpaired) electrons. The number of phenolic OH excluding ortho intramolecular Hbond substituents is 2. The first-order chi connectivity index (χ1) is 22.9. The Morgan fingerprint density at radius 2 is 1.85 bits per heavy atom. The number of isothiocyanates is 1. The molecule has 1 aromatic rings. The molecule has 8 atom stereocenters. The van der Waals surface area contributed by atoms with Crippen molar-refractivity contribution in [2.75, 3.05) is 38.9 Å². The Bertz CT molecular complexity index is 1340. The zero-order valence-corrected chi connectivity index (χ0v) is 28.4. The minimum Gasteiger partial charge on any atom is -0.504 e. The lowest BCUT2D eigenvalue weighted by molar-refractivity contribution is -0.327. The molecule has 2 aliphatic rings. The minimum absolute atomic E-state index is 0.00894. The third-order valence-corrected chi connectivity index (χ3v) is 8.30. The average molecular weight is 718 g/mol. The van der Waals surface area contributed by atoms with E-state index < -0.39 is 72.3 Å². The van der Waals surface area contributed by atoms with Gasteiger partial charge in [-0.25, -0.2) is 9.79 Å². The number of carbonyl (C=O) groups excluding carboxylic acids is 2. The molecular weight excluding hydrogens is 674 g/mol. The van der Waals surface area contributed by atoms with Gasteiger partial charge in [-0.3, -0.25) is 9.00 Å². The number of aliphatic hydroxyl groups excluding tert-OH is 4. The van der Waals surface area contributed by atoms with Crippen molar-refractivity contribution >= 4 is 40.1 Å². The first-order valence-corrected chi connectivity index (χ1v) is 17.1. The van der Waals surface area contributed by atoms with Gasteiger partial charge in [0.2, 0.25) is 6.29 Å². The molecule has 1 fully saturated rings. The van der Waals surface area contributed by atoms with E-state index in [1.165, 1.54) is 12.1 Å². The highest BCUT2D eigenvalue weighted by molar-refractivity contribution is 7.84. The van der Waals surface area contributed by atoms with Gasteiger partial charge in [-0.2, -0.15) is 0 Å². The Balaban J connectivity index is 0.000000692. The van der Waals surface area contributed by atoms with E-state index >= 15 is 0 Å². The fourth-order valence-electron chi connectivity index (χ4n) is 4.70. The number of allylic oxidation sites excluding steroid dienone is 1. The fourth-order valence-corrected chi connectivity index (χ4v) is 5.40. The van der Waals surface area contributed by atoms with Crippen molar-refractivity contribution in [1.29, 1.82) is 0 Å². The molecule has 2 heterocycles. The summed E-state index contributed by atoms with van der Waals surface area (Å²) in [7, 11) is 0.505. The summed E-state index contributed by atoms with van der Waals surface area (Å²) < 4.78 is 37.2. The summed E-state index contributed by atoms with van der Waals surface area (Å²) in [5.74, 6) is -2.12. The highest BCUT2D eigenvalue weighted by Gasteiger charge is 2.46. The van der Waals surface area contributed by atoms with E-state index in [9.17, 15) is 44.4 Å². The molecular formula is C31H43NO14S2. The van der Waals surface area contributed by atoms with Crippen molar-refractivity contribution in [1.82, 2.24) is 0 Å². The Hall–Kier alpha value is -3.25. The number of aliphatic hydroxyl groups is 4. The average Bonchev–Trinajstić information content (AvgIpc) is 3.06. The number of methoxy groups -OCH3 is 1. The normalized spacial score (nSPS) is 26.5. The van der Waals surface area contributed by atoms with Crippen LogP contribution in [-0.2, 0) is 50.5 Å². The quantitative estimate of drug-likeness (QED) is 0.0387. The number of carbonyl (C=O) groups is 2. The van der Waals surface area contributed by atoms with Crippen LogP contribution in [0.15, 0.2) is 46.7 Å². The van der Waals surface area contributed by atoms with E-state index in [1.807, 2.05) is 0 Å². The van der Waals surface area contributed by atoms with E-state index in [0.29, 0.717) is 11.1 Å². The van der Waals surface area contributed by atoms with Gasteiger partial charge in [-0.05, 0) is 49.7 Å². The predicted octanol–water partition coefficient (Wildman–Crippen LogP) is 0.614. The first kappa shape index (κ1) is 40.9. The van der Waals surface area contributed by atoms with Crippen LogP contribution in [0.4, 0.5) is 0 Å². The highest BCUT2D eigenvalue weighted by atomic mass is 32.2. The summed E-state index contributed by atoms with van der Waals surface area (Å²) in [5.41, 5.74) is 0.927. The summed E-state index contributed by atoms with van der Waals surface area (Å²) in [6.07, 6.45) is -2.76. The van der Waals surface area contributed by atoms with E-state index in [1.54, 1.807) is 25.3 Å². The molecule has 0 aliphatic carbocycles. The lowest BCUT2D eigenvalue weighted by atomic mass is 9.86. The minimum atomic E-state index is -1.69. The molecule has 0 bridgehead atoms. The second kappa shape index (κ2) is 21.0. The van der Waals surface area contributed by atoms with Gasteiger partial charge in [0.05, 0.1) is 43.7 Å². The summed E-state index contributed by atoms with van der Waals surface area (Å²) in [4.78, 5) is 28.8. The largest absolute Gasteiger partial charge is 0.504 e. The molecule has 0 amide bonds. The molecule has 0 aromatic heterocycles. The maximum atomic E-state index is 12.7. The van der Waals surface area contributed by atoms with Crippen LogP contribution in [0.3, 0.4) is 0 Å². The van der Waals surface area contributed by atoms with Crippen molar-refractivity contribution in [3.05, 3.63) is 47.2 Å². The molecule has 268 valence electrons. The fraction of sp³-hybridized carbons (Fsp3) is 0.581. The maximum absolute atomic E-state index is 12.7. The summed E-state index contributed by atoms with van der Waals surface area (Å²) in [6.45, 7) is 1.63. The molecule has 1 saturated heterocycles. The van der Waals surface area contributed by atoms with Crippen LogP contribution in [0, 0.1) is 5.92 Å². The molecule has 2 aliphatic heterocycles. The van der Waals surface area contributed by atoms with Gasteiger partial charge in [0.15, 0.2) is 17.8 Å². The number of benzene rings is 1. The van der Waals surface area contributed by atoms with Crippen molar-refractivity contribution < 1.29 is 68.1 Å². The Labute approximate surface area is 285 Å². The van der Waals surface area contributed by atoms with Gasteiger partial charge in [0, 0.05) is 47.3 Å². The summed E-state index contributed by atoms with van der Waals surface area (Å²) in [6, 6.07) is 4.23. The number of unbranched alkanes of at least 4 members (excludes halogenated alkanes) is 1. The Kier molecular flexibility index (Phi) is 17.9. The summed E-state index contributed by atoms with van der Waals surface area (Å²) >= 11 is 4.38. The number of aliphatic imine (C=N–C) groups is 1. The number of hydrogen-bond acceptors (Lipinski definition) is 16. The monoisotopic (exact) mass is 717 g/mol. The standard InChI is InChI=1S/C25H32O13.C6H11NOS2/c1-3-13-14(9-19(29)35-7-6-12-4-5-16(27)17(28)8-12)15(23(33)34-2)11-36-24(13)38-25-22(32)21(31)20(30)18(10-26)37-25;1-10(8)5-3-2-4-7-6-9/h3-5,8,11,14,18,20-22,24-28,30-32H,6-7,9-10H2,1-2H3;2-5H2,1H3/b13-3+;/t14-,18+,20+,21-,22+,24-,25-;/m0./s1. The number of ether oxygens (including phenoxy) is 5. The van der Waals surface area contributed by atoms with Crippen LogP contribution in [0.5, 0.6) is 11.5 Å². The second-order valence-corrected chi connectivity index (χ2v) is 12.4. The van der Waals surface area contributed by atoms with Crippen LogP contribution in [-0.4, -0.2) is 128 Å². The molecule has 17 heteroatoms. The molecule has 48 heavy (non-hydrogen) atoms. The van der Waals surface area contributed by atoms with Crippen LogP contribution < -0.4 is 0 Å². The molecule has 6 N–H and O–H groups in total. The molecule has 15 nitrogen and oxygen atoms in total. The third kappa shape index (κ3) is 12.3. The smallest absolute Gasteiger partial charge is 0.337 e. The number of rotatable bonds is 14. The van der Waals surface area contributed by atoms with Crippen molar-refractivity contribution in [2.24, 2.45) is 10.9 Å². The van der Waals surface area contributed by atoms with Crippen molar-refractivity contribution in [3.63, 3.8) is 0 Å². The number of hydrogen-bond donors (Lipinski definition) is 6. The number of thiocarbonyl (C=S) groups is 1. The summed E-state index contributed by atoms with van der Waals surface area (Å²) in [5, 5.41) is 61.0. The number of nitrogens with zero attached hydrogens (tertiary/aromatic N) is 1. The van der Waals surface area contributed by atoms with E-state index in [-0.39, 0.29) is 36.5 Å². The number of phenols is 2. The zero-order valence-electron chi connectivity index (χ0n) is 26.8. The molecule has 3 rings (SSSR count). The zero-order chi connectivity index (χ0) is 35.8. The van der Waals surface area contributed by atoms with Gasteiger partial charge in [0.25, 0.3) is 0 Å². The van der Waals surface area contributed by atoms with Gasteiger partial charge < -0.3 is 54.3 Å². The third-order valence-electron chi connectivity index (χ3n) is 7.31. The highest BCUT2D eigenvalue weighted by Crippen LogP contribution is 2.36. The second-order valence-electron chi connectivity index (χ2n) is 10.7. The van der Waals surface area contributed by atoms with Gasteiger partial charge in [0.1, 0.15) is 24.4 Å². The first-order valence-electron chi connectivity index (χ1n) is 14.9. The van der Waals surface area contributed by atoms with Crippen LogP contribution >= 0.6 is 12.2 Å². The molecule has 0 saturated carbocycles. The number of aromatic hydroxyl groups is 2. The Morgan fingerprint density at radius 3 is 2.46 bits per heavy atom. The van der Waals surface area contributed by atoms with Gasteiger partial charge in [-0.1, -0.05) is 12.1 Å². The van der Waals surface area contributed by atoms with Crippen molar-refractivity contribution in [3.8, 4) is 11.5 Å². The predicted molar refractivity (Wildman–Crippen MR) is 174 cm³/mol.